The molecule has 82 valence electrons. The van der Waals surface area contributed by atoms with E-state index < -0.39 is 11.6 Å². The minimum Gasteiger partial charge on any atom is -0.478 e. The second-order valence-electron chi connectivity index (χ2n) is 3.25. The highest BCUT2D eigenvalue weighted by molar-refractivity contribution is 7.13. The first-order valence-corrected chi connectivity index (χ1v) is 4.96. The second-order valence-corrected chi connectivity index (χ2v) is 4.14. The number of oxime groups is 1. The van der Waals surface area contributed by atoms with E-state index in [1.54, 1.807) is 5.38 Å². The van der Waals surface area contributed by atoms with Crippen molar-refractivity contribution in [2.45, 2.75) is 19.4 Å². The molecule has 1 heterocycles. The monoisotopic (exact) mass is 229 g/mol. The van der Waals surface area contributed by atoms with E-state index in [4.69, 9.17) is 15.7 Å². The molecule has 1 aromatic heterocycles. The molecule has 0 aliphatic rings. The number of nitrogen functional groups attached to an aromatic ring is 1. The molecular formula is C8H11N3O3S. The molecule has 0 saturated carbocycles. The van der Waals surface area contributed by atoms with E-state index in [1.807, 2.05) is 0 Å². The molecule has 0 aliphatic heterocycles. The summed E-state index contributed by atoms with van der Waals surface area (Å²) >= 11 is 1.27. The smallest absolute Gasteiger partial charge is 0.350 e. The molecular weight excluding hydrogens is 218 g/mol. The third kappa shape index (κ3) is 3.21. The number of nitrogens with zero attached hydrogens (tertiary/aromatic N) is 2. The van der Waals surface area contributed by atoms with Gasteiger partial charge in [0.2, 0.25) is 5.60 Å². The summed E-state index contributed by atoms with van der Waals surface area (Å²) in [4.78, 5) is 19.3. The Hall–Kier alpha value is -1.63. The molecule has 0 atom stereocenters. The molecule has 0 amide bonds. The molecule has 0 saturated heterocycles. The average Bonchev–Trinajstić information content (AvgIpc) is 2.51. The van der Waals surface area contributed by atoms with Gasteiger partial charge in [-0.1, -0.05) is 5.16 Å². The first kappa shape index (κ1) is 11.4. The molecule has 0 bridgehead atoms. The average molecular weight is 229 g/mol. The number of aromatic nitrogens is 1. The van der Waals surface area contributed by atoms with Crippen LogP contribution in [0.1, 0.15) is 19.5 Å². The van der Waals surface area contributed by atoms with Crippen LogP contribution in [0, 0.1) is 0 Å². The highest BCUT2D eigenvalue weighted by Crippen LogP contribution is 2.11. The number of carboxylic acids is 1. The molecule has 0 spiro atoms. The molecule has 0 unspecified atom stereocenters. The number of aliphatic carboxylic acids is 1. The number of rotatable bonds is 4. The van der Waals surface area contributed by atoms with Crippen LogP contribution in [0.4, 0.5) is 5.13 Å². The van der Waals surface area contributed by atoms with Gasteiger partial charge in [0.05, 0.1) is 11.9 Å². The first-order chi connectivity index (χ1) is 6.92. The van der Waals surface area contributed by atoms with Gasteiger partial charge in [-0.3, -0.25) is 0 Å². The lowest BCUT2D eigenvalue weighted by molar-refractivity contribution is -0.161. The van der Waals surface area contributed by atoms with Crippen molar-refractivity contribution in [1.82, 2.24) is 4.98 Å². The van der Waals surface area contributed by atoms with Gasteiger partial charge in [0.1, 0.15) is 0 Å². The molecule has 0 fully saturated rings. The number of anilines is 1. The quantitative estimate of drug-likeness (QED) is 0.591. The molecule has 7 heteroatoms. The zero-order valence-corrected chi connectivity index (χ0v) is 9.11. The Balaban J connectivity index is 2.57. The lowest BCUT2D eigenvalue weighted by Gasteiger charge is -2.15. The van der Waals surface area contributed by atoms with E-state index in [0.29, 0.717) is 10.8 Å². The summed E-state index contributed by atoms with van der Waals surface area (Å²) < 4.78 is 0. The van der Waals surface area contributed by atoms with Crippen LogP contribution >= 0.6 is 11.3 Å². The van der Waals surface area contributed by atoms with E-state index in [-0.39, 0.29) is 0 Å². The van der Waals surface area contributed by atoms with Crippen molar-refractivity contribution in [2.24, 2.45) is 5.16 Å². The first-order valence-electron chi connectivity index (χ1n) is 4.08. The van der Waals surface area contributed by atoms with E-state index in [1.165, 1.54) is 31.4 Å². The summed E-state index contributed by atoms with van der Waals surface area (Å²) in [5.41, 5.74) is 4.59. The summed E-state index contributed by atoms with van der Waals surface area (Å²) in [6.45, 7) is 2.81. The summed E-state index contributed by atoms with van der Waals surface area (Å²) in [7, 11) is 0. The number of hydrogen-bond donors (Lipinski definition) is 2. The topological polar surface area (TPSA) is 97.8 Å². The van der Waals surface area contributed by atoms with Gasteiger partial charge in [-0.2, -0.15) is 0 Å². The van der Waals surface area contributed by atoms with Gasteiger partial charge in [-0.15, -0.1) is 11.3 Å². The highest BCUT2D eigenvalue weighted by Gasteiger charge is 2.29. The maximum Gasteiger partial charge on any atom is 0.350 e. The fraction of sp³-hybridized carbons (Fsp3) is 0.375. The van der Waals surface area contributed by atoms with E-state index in [9.17, 15) is 4.79 Å². The Bertz CT molecular complexity index is 386. The lowest BCUT2D eigenvalue weighted by Crippen LogP contribution is -2.32. The van der Waals surface area contributed by atoms with E-state index >= 15 is 0 Å². The van der Waals surface area contributed by atoms with Crippen LogP contribution < -0.4 is 5.73 Å². The fourth-order valence-electron chi connectivity index (χ4n) is 0.611. The van der Waals surface area contributed by atoms with Crippen molar-refractivity contribution in [1.29, 1.82) is 0 Å². The predicted octanol–water partition coefficient (Wildman–Crippen LogP) is 0.939. The van der Waals surface area contributed by atoms with Crippen molar-refractivity contribution in [3.05, 3.63) is 11.1 Å². The van der Waals surface area contributed by atoms with Gasteiger partial charge in [-0.25, -0.2) is 9.78 Å². The molecule has 0 aromatic carbocycles. The number of hydrogen-bond acceptors (Lipinski definition) is 6. The second kappa shape index (κ2) is 4.26. The van der Waals surface area contributed by atoms with Crippen LogP contribution in [-0.4, -0.2) is 27.9 Å². The van der Waals surface area contributed by atoms with Crippen molar-refractivity contribution < 1.29 is 14.7 Å². The van der Waals surface area contributed by atoms with Crippen molar-refractivity contribution in [3.63, 3.8) is 0 Å². The van der Waals surface area contributed by atoms with Crippen molar-refractivity contribution >= 4 is 28.7 Å². The maximum absolute atomic E-state index is 10.6. The van der Waals surface area contributed by atoms with Gasteiger partial charge in [0.25, 0.3) is 0 Å². The number of nitrogens with two attached hydrogens (primary N) is 1. The van der Waals surface area contributed by atoms with Crippen LogP contribution in [0.15, 0.2) is 10.5 Å². The van der Waals surface area contributed by atoms with Crippen LogP contribution in [0.25, 0.3) is 0 Å². The standard InChI is InChI=1S/C8H11N3O3S/c1-8(2,6(12)13)14-10-3-5-4-15-7(9)11-5/h3-4H,1-2H3,(H2,9,11)(H,12,13)/b10-3+. The third-order valence-corrected chi connectivity index (χ3v) is 2.21. The maximum atomic E-state index is 10.6. The van der Waals surface area contributed by atoms with Gasteiger partial charge in [-0.05, 0) is 13.8 Å². The Morgan fingerprint density at radius 1 is 1.80 bits per heavy atom. The van der Waals surface area contributed by atoms with E-state index in [0.717, 1.165) is 0 Å². The fourth-order valence-corrected chi connectivity index (χ4v) is 1.12. The Morgan fingerprint density at radius 2 is 2.47 bits per heavy atom. The van der Waals surface area contributed by atoms with E-state index in [2.05, 4.69) is 10.1 Å². The zero-order chi connectivity index (χ0) is 11.5. The number of carboxylic acid groups (broad SMARTS) is 1. The van der Waals surface area contributed by atoms with Crippen molar-refractivity contribution in [2.75, 3.05) is 5.73 Å². The summed E-state index contributed by atoms with van der Waals surface area (Å²) in [5.74, 6) is -1.09. The summed E-state index contributed by atoms with van der Waals surface area (Å²) in [6.07, 6.45) is 1.32. The molecule has 0 aliphatic carbocycles. The number of carbonyl (C=O) groups is 1. The van der Waals surface area contributed by atoms with Crippen molar-refractivity contribution in [3.8, 4) is 0 Å². The summed E-state index contributed by atoms with van der Waals surface area (Å²) in [6, 6.07) is 0. The molecule has 1 rings (SSSR count). The van der Waals surface area contributed by atoms with Crippen LogP contribution in [-0.2, 0) is 9.63 Å². The Kier molecular flexibility index (Phi) is 3.25. The van der Waals surface area contributed by atoms with Crippen LogP contribution in [0.2, 0.25) is 0 Å². The molecule has 3 N–H and O–H groups in total. The SMILES string of the molecule is CC(C)(O/N=C/c1csc(N)n1)C(=O)O. The third-order valence-electron chi connectivity index (χ3n) is 1.52. The Morgan fingerprint density at radius 3 is 2.93 bits per heavy atom. The van der Waals surface area contributed by atoms with Gasteiger partial charge in [0.15, 0.2) is 5.13 Å². The van der Waals surface area contributed by atoms with Gasteiger partial charge in [0, 0.05) is 5.38 Å². The predicted molar refractivity (Wildman–Crippen MR) is 56.9 cm³/mol. The highest BCUT2D eigenvalue weighted by atomic mass is 32.1. The molecule has 1 aromatic rings. The minimum atomic E-state index is -1.35. The molecule has 0 radical (unpaired) electrons. The van der Waals surface area contributed by atoms with Crippen LogP contribution in [0.5, 0.6) is 0 Å². The number of thiazole rings is 1. The normalized spacial score (nSPS) is 11.9. The molecule has 15 heavy (non-hydrogen) atoms. The van der Waals surface area contributed by atoms with Crippen LogP contribution in [0.3, 0.4) is 0 Å². The molecule has 6 nitrogen and oxygen atoms in total. The summed E-state index contributed by atoms with van der Waals surface area (Å²) in [5, 5.41) is 14.4. The lowest BCUT2D eigenvalue weighted by atomic mass is 10.1. The zero-order valence-electron chi connectivity index (χ0n) is 8.30. The largest absolute Gasteiger partial charge is 0.478 e. The van der Waals surface area contributed by atoms with Gasteiger partial charge >= 0.3 is 5.97 Å². The minimum absolute atomic E-state index is 0.425. The van der Waals surface area contributed by atoms with Gasteiger partial charge < -0.3 is 15.7 Å². The Labute approximate surface area is 90.4 Å².